The standard InChI is InChI=1S/C10H8FNO2/c1-6-4-7(11)2-3-8(6)9(5-12)10(13)14/h2-4,9H,1H3,(H,13,14). The van der Waals surface area contributed by atoms with Crippen molar-refractivity contribution in [1.82, 2.24) is 0 Å². The molecule has 1 unspecified atom stereocenters. The first-order valence-corrected chi connectivity index (χ1v) is 3.94. The van der Waals surface area contributed by atoms with E-state index in [0.29, 0.717) is 11.1 Å². The van der Waals surface area contributed by atoms with Crippen molar-refractivity contribution in [2.75, 3.05) is 0 Å². The number of aliphatic carboxylic acids is 1. The van der Waals surface area contributed by atoms with E-state index in [1.54, 1.807) is 13.0 Å². The predicted molar refractivity (Wildman–Crippen MR) is 47.1 cm³/mol. The van der Waals surface area contributed by atoms with Gasteiger partial charge in [-0.2, -0.15) is 5.26 Å². The molecule has 1 N–H and O–H groups in total. The molecule has 0 saturated heterocycles. The average Bonchev–Trinajstić information content (AvgIpc) is 2.09. The van der Waals surface area contributed by atoms with Gasteiger partial charge in [0, 0.05) is 0 Å². The summed E-state index contributed by atoms with van der Waals surface area (Å²) in [5.74, 6) is -2.88. The lowest BCUT2D eigenvalue weighted by Gasteiger charge is -2.07. The van der Waals surface area contributed by atoms with Crippen molar-refractivity contribution in [3.05, 3.63) is 35.1 Å². The van der Waals surface area contributed by atoms with E-state index in [4.69, 9.17) is 10.4 Å². The molecule has 72 valence electrons. The minimum atomic E-state index is -1.23. The van der Waals surface area contributed by atoms with Crippen LogP contribution in [0.1, 0.15) is 17.0 Å². The summed E-state index contributed by atoms with van der Waals surface area (Å²) < 4.78 is 12.7. The summed E-state index contributed by atoms with van der Waals surface area (Å²) in [6, 6.07) is 5.34. The Morgan fingerprint density at radius 2 is 2.29 bits per heavy atom. The number of aryl methyl sites for hydroxylation is 1. The highest BCUT2D eigenvalue weighted by Crippen LogP contribution is 2.20. The van der Waals surface area contributed by atoms with Crippen LogP contribution in [0, 0.1) is 24.1 Å². The quantitative estimate of drug-likeness (QED) is 0.779. The van der Waals surface area contributed by atoms with Crippen molar-refractivity contribution in [2.45, 2.75) is 12.8 Å². The van der Waals surface area contributed by atoms with E-state index in [9.17, 15) is 9.18 Å². The number of carboxylic acid groups (broad SMARTS) is 1. The number of nitrogens with zero attached hydrogens (tertiary/aromatic N) is 1. The predicted octanol–water partition coefficient (Wildman–Crippen LogP) is 1.83. The highest BCUT2D eigenvalue weighted by Gasteiger charge is 2.20. The van der Waals surface area contributed by atoms with Crippen LogP contribution in [0.15, 0.2) is 18.2 Å². The van der Waals surface area contributed by atoms with Crippen LogP contribution in [0.2, 0.25) is 0 Å². The lowest BCUT2D eigenvalue weighted by Crippen LogP contribution is -2.10. The Balaban J connectivity index is 3.19. The summed E-state index contributed by atoms with van der Waals surface area (Å²) in [5.41, 5.74) is 0.806. The maximum atomic E-state index is 12.7. The van der Waals surface area contributed by atoms with Crippen molar-refractivity contribution >= 4 is 5.97 Å². The van der Waals surface area contributed by atoms with E-state index in [-0.39, 0.29) is 0 Å². The highest BCUT2D eigenvalue weighted by molar-refractivity contribution is 5.79. The summed E-state index contributed by atoms with van der Waals surface area (Å²) in [4.78, 5) is 10.7. The Bertz CT molecular complexity index is 409. The molecule has 0 aliphatic rings. The maximum Gasteiger partial charge on any atom is 0.325 e. The van der Waals surface area contributed by atoms with Gasteiger partial charge in [-0.15, -0.1) is 0 Å². The van der Waals surface area contributed by atoms with Gasteiger partial charge in [-0.3, -0.25) is 4.79 Å². The molecule has 1 rings (SSSR count). The molecule has 0 saturated carbocycles. The molecule has 0 heterocycles. The van der Waals surface area contributed by atoms with Gasteiger partial charge in [-0.05, 0) is 30.2 Å². The Morgan fingerprint density at radius 3 is 2.71 bits per heavy atom. The topological polar surface area (TPSA) is 61.1 Å². The number of halogens is 1. The molecule has 0 aliphatic carbocycles. The lowest BCUT2D eigenvalue weighted by molar-refractivity contribution is -0.137. The third-order valence-electron chi connectivity index (χ3n) is 1.92. The van der Waals surface area contributed by atoms with Gasteiger partial charge in [0.05, 0.1) is 6.07 Å². The van der Waals surface area contributed by atoms with Crippen LogP contribution < -0.4 is 0 Å². The maximum absolute atomic E-state index is 12.7. The molecule has 0 fully saturated rings. The number of carboxylic acids is 1. The van der Waals surface area contributed by atoms with Crippen molar-refractivity contribution in [3.63, 3.8) is 0 Å². The van der Waals surface area contributed by atoms with Gasteiger partial charge in [-0.1, -0.05) is 6.07 Å². The van der Waals surface area contributed by atoms with Crippen LogP contribution in [0.4, 0.5) is 4.39 Å². The van der Waals surface area contributed by atoms with Crippen molar-refractivity contribution < 1.29 is 14.3 Å². The van der Waals surface area contributed by atoms with E-state index in [2.05, 4.69) is 0 Å². The second-order valence-electron chi connectivity index (χ2n) is 2.90. The van der Waals surface area contributed by atoms with Gasteiger partial charge >= 0.3 is 5.97 Å². The first kappa shape index (κ1) is 10.2. The van der Waals surface area contributed by atoms with E-state index in [0.717, 1.165) is 6.07 Å². The van der Waals surface area contributed by atoms with E-state index >= 15 is 0 Å². The van der Waals surface area contributed by atoms with Crippen LogP contribution in [-0.4, -0.2) is 11.1 Å². The highest BCUT2D eigenvalue weighted by atomic mass is 19.1. The van der Waals surface area contributed by atoms with Gasteiger partial charge in [0.25, 0.3) is 0 Å². The fourth-order valence-electron chi connectivity index (χ4n) is 1.22. The zero-order chi connectivity index (χ0) is 10.7. The van der Waals surface area contributed by atoms with Crippen molar-refractivity contribution in [3.8, 4) is 6.07 Å². The molecule has 0 aromatic heterocycles. The zero-order valence-corrected chi connectivity index (χ0v) is 7.49. The minimum absolute atomic E-state index is 0.335. The Labute approximate surface area is 80.4 Å². The second kappa shape index (κ2) is 3.88. The summed E-state index contributed by atoms with van der Waals surface area (Å²) in [6.45, 7) is 1.58. The van der Waals surface area contributed by atoms with Gasteiger partial charge in [0.15, 0.2) is 5.92 Å². The van der Waals surface area contributed by atoms with Gasteiger partial charge in [0.1, 0.15) is 5.82 Å². The number of rotatable bonds is 2. The van der Waals surface area contributed by atoms with Crippen LogP contribution in [0.25, 0.3) is 0 Å². The molecule has 0 spiro atoms. The minimum Gasteiger partial charge on any atom is -0.480 e. The number of carbonyl (C=O) groups is 1. The number of nitriles is 1. The zero-order valence-electron chi connectivity index (χ0n) is 7.49. The molecular weight excluding hydrogens is 185 g/mol. The Hall–Kier alpha value is -1.89. The third-order valence-corrected chi connectivity index (χ3v) is 1.92. The summed E-state index contributed by atoms with van der Waals surface area (Å²) in [6.07, 6.45) is 0. The lowest BCUT2D eigenvalue weighted by atomic mass is 9.96. The first-order chi connectivity index (χ1) is 6.56. The Kier molecular flexibility index (Phi) is 2.82. The summed E-state index contributed by atoms with van der Waals surface area (Å²) in [5, 5.41) is 17.3. The normalized spacial score (nSPS) is 11.8. The fourth-order valence-corrected chi connectivity index (χ4v) is 1.22. The van der Waals surface area contributed by atoms with Crippen LogP contribution in [0.5, 0.6) is 0 Å². The SMILES string of the molecule is Cc1cc(F)ccc1C(C#N)C(=O)O. The van der Waals surface area contributed by atoms with Crippen molar-refractivity contribution in [2.24, 2.45) is 0 Å². The molecule has 14 heavy (non-hydrogen) atoms. The second-order valence-corrected chi connectivity index (χ2v) is 2.90. The van der Waals surface area contributed by atoms with Crippen molar-refractivity contribution in [1.29, 1.82) is 5.26 Å². The monoisotopic (exact) mass is 193 g/mol. The molecule has 0 amide bonds. The fraction of sp³-hybridized carbons (Fsp3) is 0.200. The molecule has 0 bridgehead atoms. The number of benzene rings is 1. The van der Waals surface area contributed by atoms with Gasteiger partial charge in [0.2, 0.25) is 0 Å². The van der Waals surface area contributed by atoms with E-state index < -0.39 is 17.7 Å². The number of hydrogen-bond acceptors (Lipinski definition) is 2. The molecule has 1 atom stereocenters. The molecule has 0 aliphatic heterocycles. The largest absolute Gasteiger partial charge is 0.480 e. The Morgan fingerprint density at radius 1 is 1.64 bits per heavy atom. The molecule has 1 aromatic carbocycles. The van der Waals surface area contributed by atoms with Gasteiger partial charge in [-0.25, -0.2) is 4.39 Å². The first-order valence-electron chi connectivity index (χ1n) is 3.94. The van der Waals surface area contributed by atoms with Crippen LogP contribution in [0.3, 0.4) is 0 Å². The van der Waals surface area contributed by atoms with E-state index in [1.807, 2.05) is 0 Å². The molecule has 1 aromatic rings. The number of hydrogen-bond donors (Lipinski definition) is 1. The summed E-state index contributed by atoms with van der Waals surface area (Å²) >= 11 is 0. The average molecular weight is 193 g/mol. The summed E-state index contributed by atoms with van der Waals surface area (Å²) in [7, 11) is 0. The molecule has 4 heteroatoms. The van der Waals surface area contributed by atoms with E-state index in [1.165, 1.54) is 12.1 Å². The molecular formula is C10H8FNO2. The molecule has 0 radical (unpaired) electrons. The molecule has 3 nitrogen and oxygen atoms in total. The van der Waals surface area contributed by atoms with Crippen LogP contribution in [-0.2, 0) is 4.79 Å². The van der Waals surface area contributed by atoms with Crippen LogP contribution >= 0.6 is 0 Å². The van der Waals surface area contributed by atoms with Gasteiger partial charge < -0.3 is 5.11 Å². The smallest absolute Gasteiger partial charge is 0.325 e. The third kappa shape index (κ3) is 1.88.